The van der Waals surface area contributed by atoms with Crippen molar-refractivity contribution in [3.05, 3.63) is 243 Å². The van der Waals surface area contributed by atoms with Gasteiger partial charge in [-0.15, -0.1) is 0 Å². The molecular formula is C62H40N4. The minimum atomic E-state index is 1.10. The molecule has 0 saturated heterocycles. The van der Waals surface area contributed by atoms with Gasteiger partial charge in [-0.2, -0.15) is 0 Å². The lowest BCUT2D eigenvalue weighted by Gasteiger charge is -2.29. The molecule has 4 nitrogen and oxygen atoms in total. The Kier molecular flexibility index (Phi) is 7.95. The summed E-state index contributed by atoms with van der Waals surface area (Å²) >= 11 is 0. The average molecular weight is 841 g/mol. The first-order valence-electron chi connectivity index (χ1n) is 22.7. The Hall–Kier alpha value is -8.86. The maximum absolute atomic E-state index is 2.56. The predicted octanol–water partition coefficient (Wildman–Crippen LogP) is 17.2. The van der Waals surface area contributed by atoms with E-state index in [2.05, 4.69) is 261 Å². The summed E-state index contributed by atoms with van der Waals surface area (Å²) < 4.78 is 5.10. The molecule has 0 fully saturated rings. The molecule has 0 amide bonds. The van der Waals surface area contributed by atoms with Crippen LogP contribution in [0.3, 0.4) is 0 Å². The number of aromatic nitrogens is 2. The Morgan fingerprint density at radius 1 is 0.258 bits per heavy atom. The van der Waals surface area contributed by atoms with Crippen LogP contribution < -0.4 is 9.80 Å². The van der Waals surface area contributed by atoms with E-state index in [1.165, 1.54) is 81.4 Å². The van der Waals surface area contributed by atoms with Crippen molar-refractivity contribution in [2.45, 2.75) is 0 Å². The zero-order valence-corrected chi connectivity index (χ0v) is 35.9. The van der Waals surface area contributed by atoms with E-state index in [1.54, 1.807) is 0 Å². The van der Waals surface area contributed by atoms with Crippen molar-refractivity contribution in [3.63, 3.8) is 0 Å². The Balaban J connectivity index is 1.14. The molecule has 0 aliphatic heterocycles. The minimum absolute atomic E-state index is 1.10. The summed E-state index contributed by atoms with van der Waals surface area (Å²) in [7, 11) is 0. The van der Waals surface area contributed by atoms with Crippen molar-refractivity contribution in [2.75, 3.05) is 9.80 Å². The van der Waals surface area contributed by atoms with Gasteiger partial charge in [-0.3, -0.25) is 0 Å². The number of para-hydroxylation sites is 6. The van der Waals surface area contributed by atoms with E-state index in [9.17, 15) is 0 Å². The van der Waals surface area contributed by atoms with Crippen LogP contribution in [0.2, 0.25) is 0 Å². The Bertz CT molecular complexity index is 4080. The number of fused-ring (bicyclic) bond motifs is 11. The highest BCUT2D eigenvalue weighted by Crippen LogP contribution is 2.49. The zero-order valence-electron chi connectivity index (χ0n) is 35.9. The van der Waals surface area contributed by atoms with Crippen LogP contribution in [0.4, 0.5) is 34.1 Å². The van der Waals surface area contributed by atoms with Crippen LogP contribution in [0.5, 0.6) is 0 Å². The van der Waals surface area contributed by atoms with Gasteiger partial charge in [0.25, 0.3) is 0 Å². The van der Waals surface area contributed by atoms with Gasteiger partial charge in [0.1, 0.15) is 0 Å². The van der Waals surface area contributed by atoms with E-state index < -0.39 is 0 Å². The third-order valence-corrected chi connectivity index (χ3v) is 13.7. The number of rotatable bonds is 7. The maximum Gasteiger partial charge on any atom is 0.0782 e. The molecule has 14 aromatic rings. The summed E-state index contributed by atoms with van der Waals surface area (Å²) in [6, 6.07) is 88.8. The lowest BCUT2D eigenvalue weighted by Crippen LogP contribution is -2.13. The van der Waals surface area contributed by atoms with Crippen LogP contribution >= 0.6 is 0 Å². The molecule has 0 aliphatic carbocycles. The number of benzene rings is 11. The topological polar surface area (TPSA) is 15.8 Å². The average Bonchev–Trinajstić information content (AvgIpc) is 4.01. The van der Waals surface area contributed by atoms with Gasteiger partial charge in [-0.05, 0) is 113 Å². The quantitative estimate of drug-likeness (QED) is 0.159. The first-order chi connectivity index (χ1) is 32.8. The number of hydrogen-bond donors (Lipinski definition) is 0. The molecule has 0 unspecified atom stereocenters. The first kappa shape index (κ1) is 36.6. The van der Waals surface area contributed by atoms with Crippen molar-refractivity contribution in [2.24, 2.45) is 0 Å². The van der Waals surface area contributed by atoms with Crippen LogP contribution in [0.1, 0.15) is 0 Å². The van der Waals surface area contributed by atoms with Crippen LogP contribution in [0.15, 0.2) is 243 Å². The van der Waals surface area contributed by atoms with Crippen LogP contribution in [-0.4, -0.2) is 8.97 Å². The number of anilines is 6. The fourth-order valence-corrected chi connectivity index (χ4v) is 10.9. The molecular weight excluding hydrogens is 801 g/mol. The highest BCUT2D eigenvalue weighted by atomic mass is 15.2. The van der Waals surface area contributed by atoms with Gasteiger partial charge in [0.15, 0.2) is 0 Å². The highest BCUT2D eigenvalue weighted by Gasteiger charge is 2.26. The molecule has 3 heterocycles. The number of hydrogen-bond acceptors (Lipinski definition) is 2. The monoisotopic (exact) mass is 840 g/mol. The molecule has 11 aromatic carbocycles. The van der Waals surface area contributed by atoms with Crippen molar-refractivity contribution in [1.29, 1.82) is 0 Å². The fraction of sp³-hybridized carbons (Fsp3) is 0. The van der Waals surface area contributed by atoms with Gasteiger partial charge in [-0.1, -0.05) is 152 Å². The van der Waals surface area contributed by atoms with E-state index in [0.717, 1.165) is 39.8 Å². The molecule has 14 rings (SSSR count). The second kappa shape index (κ2) is 14.3. The molecule has 66 heavy (non-hydrogen) atoms. The molecule has 0 spiro atoms. The molecule has 4 heteroatoms. The normalized spacial score (nSPS) is 11.9. The largest absolute Gasteiger partial charge is 0.308 e. The zero-order chi connectivity index (χ0) is 43.3. The van der Waals surface area contributed by atoms with E-state index >= 15 is 0 Å². The van der Waals surface area contributed by atoms with E-state index in [1.807, 2.05) is 0 Å². The first-order valence-corrected chi connectivity index (χ1v) is 22.7. The molecule has 3 aromatic heterocycles. The SMILES string of the molecule is c1ccc(N(c2ccccc2)c2cc3ccccc3cc2-n2c3cc4ccccc4cc3c3cc4c(cc32)c2cccc3c5cccc(N(c6ccccc6)c6ccccc6)c5n4c23)cc1. The molecule has 0 aliphatic rings. The Morgan fingerprint density at radius 3 is 1.23 bits per heavy atom. The fourth-order valence-electron chi connectivity index (χ4n) is 10.9. The Morgan fingerprint density at radius 2 is 0.652 bits per heavy atom. The lowest BCUT2D eigenvalue weighted by molar-refractivity contribution is 1.16. The van der Waals surface area contributed by atoms with E-state index in [-0.39, 0.29) is 0 Å². The van der Waals surface area contributed by atoms with E-state index in [0.29, 0.717) is 0 Å². The number of nitrogens with zero attached hydrogens (tertiary/aromatic N) is 4. The standard InChI is InChI=1S/C62H40N4/c1-5-23-45(24-6-1)63(46-25-7-2-8-26-46)55-34-18-33-50-49-31-17-32-51-53-39-57-54(40-58(53)66(61(49)51)62(50)55)52-35-41-19-13-14-20-42(41)36-56(52)65(57)60-38-44-22-16-15-21-43(44)37-59(60)64(47-27-9-3-10-28-47)48-29-11-4-12-30-48/h1-40H. The third kappa shape index (κ3) is 5.39. The smallest absolute Gasteiger partial charge is 0.0782 e. The highest BCUT2D eigenvalue weighted by molar-refractivity contribution is 6.28. The summed E-state index contributed by atoms with van der Waals surface area (Å²) in [6.07, 6.45) is 0. The van der Waals surface area contributed by atoms with Gasteiger partial charge < -0.3 is 18.8 Å². The van der Waals surface area contributed by atoms with Crippen LogP contribution in [0, 0.1) is 0 Å². The molecule has 308 valence electrons. The molecule has 0 N–H and O–H groups in total. The van der Waals surface area contributed by atoms with Crippen molar-refractivity contribution < 1.29 is 0 Å². The van der Waals surface area contributed by atoms with Crippen LogP contribution in [0.25, 0.3) is 87.1 Å². The van der Waals surface area contributed by atoms with Crippen LogP contribution in [-0.2, 0) is 0 Å². The van der Waals surface area contributed by atoms with Gasteiger partial charge in [0.05, 0.1) is 44.6 Å². The van der Waals surface area contributed by atoms with Crippen molar-refractivity contribution in [3.8, 4) is 5.69 Å². The van der Waals surface area contributed by atoms with E-state index in [4.69, 9.17) is 0 Å². The van der Waals surface area contributed by atoms with Crippen molar-refractivity contribution in [1.82, 2.24) is 8.97 Å². The van der Waals surface area contributed by atoms with Gasteiger partial charge in [-0.25, -0.2) is 0 Å². The molecule has 0 saturated carbocycles. The van der Waals surface area contributed by atoms with Gasteiger partial charge >= 0.3 is 0 Å². The minimum Gasteiger partial charge on any atom is -0.308 e. The second-order valence-electron chi connectivity index (χ2n) is 17.3. The molecule has 0 atom stereocenters. The molecule has 0 bridgehead atoms. The van der Waals surface area contributed by atoms with Crippen molar-refractivity contribution >= 4 is 116 Å². The summed E-state index contributed by atoms with van der Waals surface area (Å²) in [4.78, 5) is 4.82. The maximum atomic E-state index is 2.56. The second-order valence-corrected chi connectivity index (χ2v) is 17.3. The predicted molar refractivity (Wildman–Crippen MR) is 280 cm³/mol. The summed E-state index contributed by atoms with van der Waals surface area (Å²) in [5.74, 6) is 0. The summed E-state index contributed by atoms with van der Waals surface area (Å²) in [5, 5.41) is 12.2. The van der Waals surface area contributed by atoms with Gasteiger partial charge in [0.2, 0.25) is 0 Å². The molecule has 0 radical (unpaired) electrons. The lowest BCUT2D eigenvalue weighted by atomic mass is 10.0. The summed E-state index contributed by atoms with van der Waals surface area (Å²) in [6.45, 7) is 0. The Labute approximate surface area is 381 Å². The third-order valence-electron chi connectivity index (χ3n) is 13.7. The summed E-state index contributed by atoms with van der Waals surface area (Å²) in [5.41, 5.74) is 13.7. The van der Waals surface area contributed by atoms with Gasteiger partial charge in [0, 0.05) is 55.1 Å².